The van der Waals surface area contributed by atoms with Gasteiger partial charge in [0.2, 0.25) is 0 Å². The molecule has 34 heavy (non-hydrogen) atoms. The van der Waals surface area contributed by atoms with Gasteiger partial charge in [-0.05, 0) is 80.7 Å². The molecular weight excluding hydrogens is 428 g/mol. The molecular formula is C27H32N4O3. The van der Waals surface area contributed by atoms with E-state index in [1.807, 2.05) is 36.4 Å². The molecule has 1 aromatic heterocycles. The lowest BCUT2D eigenvalue weighted by atomic mass is 9.99. The van der Waals surface area contributed by atoms with Crippen LogP contribution in [0.15, 0.2) is 54.7 Å². The van der Waals surface area contributed by atoms with E-state index in [-0.39, 0.29) is 6.61 Å². The minimum Gasteiger partial charge on any atom is -0.497 e. The first-order chi connectivity index (χ1) is 16.6. The molecule has 2 heterocycles. The zero-order valence-corrected chi connectivity index (χ0v) is 20.1. The number of nitrogens with one attached hydrogen (secondary N) is 1. The molecule has 0 spiro atoms. The zero-order valence-electron chi connectivity index (χ0n) is 20.1. The molecule has 0 saturated carbocycles. The van der Waals surface area contributed by atoms with Crippen LogP contribution in [0.1, 0.15) is 42.6 Å². The van der Waals surface area contributed by atoms with Crippen molar-refractivity contribution in [3.05, 3.63) is 65.9 Å². The second kappa shape index (κ2) is 11.1. The molecule has 1 aliphatic heterocycles. The average Bonchev–Trinajstić information content (AvgIpc) is 2.87. The van der Waals surface area contributed by atoms with Crippen molar-refractivity contribution in [2.75, 3.05) is 32.1 Å². The van der Waals surface area contributed by atoms with E-state index in [9.17, 15) is 4.79 Å². The summed E-state index contributed by atoms with van der Waals surface area (Å²) in [4.78, 5) is 24.1. The van der Waals surface area contributed by atoms with Gasteiger partial charge in [-0.15, -0.1) is 0 Å². The topological polar surface area (TPSA) is 76.6 Å². The summed E-state index contributed by atoms with van der Waals surface area (Å²) in [5.74, 6) is 2.05. The van der Waals surface area contributed by atoms with Crippen LogP contribution in [0.2, 0.25) is 0 Å². The van der Waals surface area contributed by atoms with Crippen molar-refractivity contribution >= 4 is 17.5 Å². The van der Waals surface area contributed by atoms with Crippen LogP contribution < -0.4 is 10.1 Å². The molecule has 4 rings (SSSR count). The third-order valence-corrected chi connectivity index (χ3v) is 6.13. The number of esters is 1. The number of likely N-dealkylation sites (tertiary alicyclic amines) is 1. The highest BCUT2D eigenvalue weighted by Crippen LogP contribution is 2.25. The van der Waals surface area contributed by atoms with Crippen LogP contribution in [-0.2, 0) is 11.3 Å². The summed E-state index contributed by atoms with van der Waals surface area (Å²) < 4.78 is 10.4. The molecule has 7 nitrogen and oxygen atoms in total. The zero-order chi connectivity index (χ0) is 23.9. The van der Waals surface area contributed by atoms with Crippen molar-refractivity contribution in [2.24, 2.45) is 5.92 Å². The van der Waals surface area contributed by atoms with E-state index in [0.29, 0.717) is 17.2 Å². The largest absolute Gasteiger partial charge is 0.497 e. The summed E-state index contributed by atoms with van der Waals surface area (Å²) in [6.45, 7) is 7.64. The quantitative estimate of drug-likeness (QED) is 0.457. The summed E-state index contributed by atoms with van der Waals surface area (Å²) in [6, 6.07) is 15.8. The van der Waals surface area contributed by atoms with Crippen LogP contribution >= 0.6 is 0 Å². The van der Waals surface area contributed by atoms with Gasteiger partial charge in [0.05, 0.1) is 13.7 Å². The molecule has 0 unspecified atom stereocenters. The van der Waals surface area contributed by atoms with Crippen LogP contribution in [0.3, 0.4) is 0 Å². The highest BCUT2D eigenvalue weighted by molar-refractivity contribution is 5.95. The SMILES string of the molecule is CCOC(=O)c1cnc(-c2ccc(OC)cc2)nc1Nc1ccc(CN2CCC(C)CC2)cc1. The number of nitrogens with zero attached hydrogens (tertiary/aromatic N) is 3. The number of rotatable bonds is 8. The Bertz CT molecular complexity index is 1090. The Morgan fingerprint density at radius 3 is 2.44 bits per heavy atom. The van der Waals surface area contributed by atoms with E-state index in [1.54, 1.807) is 14.0 Å². The molecule has 0 aliphatic carbocycles. The van der Waals surface area contributed by atoms with Crippen molar-refractivity contribution in [3.63, 3.8) is 0 Å². The van der Waals surface area contributed by atoms with E-state index >= 15 is 0 Å². The smallest absolute Gasteiger partial charge is 0.343 e. The van der Waals surface area contributed by atoms with E-state index in [2.05, 4.69) is 39.2 Å². The average molecular weight is 461 g/mol. The normalized spacial score (nSPS) is 14.6. The lowest BCUT2D eigenvalue weighted by Gasteiger charge is -2.30. The second-order valence-electron chi connectivity index (χ2n) is 8.69. The van der Waals surface area contributed by atoms with Crippen molar-refractivity contribution in [1.29, 1.82) is 0 Å². The monoisotopic (exact) mass is 460 g/mol. The van der Waals surface area contributed by atoms with E-state index in [0.717, 1.165) is 42.6 Å². The van der Waals surface area contributed by atoms with Gasteiger partial charge in [-0.2, -0.15) is 0 Å². The molecule has 1 fully saturated rings. The fraction of sp³-hybridized carbons (Fsp3) is 0.370. The molecule has 0 radical (unpaired) electrons. The molecule has 1 aliphatic rings. The van der Waals surface area contributed by atoms with Gasteiger partial charge in [-0.25, -0.2) is 14.8 Å². The fourth-order valence-corrected chi connectivity index (χ4v) is 4.02. The Kier molecular flexibility index (Phi) is 7.75. The van der Waals surface area contributed by atoms with Crippen LogP contribution in [0.4, 0.5) is 11.5 Å². The predicted molar refractivity (Wildman–Crippen MR) is 133 cm³/mol. The third-order valence-electron chi connectivity index (χ3n) is 6.13. The van der Waals surface area contributed by atoms with Crippen LogP contribution in [-0.4, -0.2) is 47.6 Å². The number of piperidine rings is 1. The Hall–Kier alpha value is -3.45. The molecule has 0 bridgehead atoms. The molecule has 178 valence electrons. The summed E-state index contributed by atoms with van der Waals surface area (Å²) in [5.41, 5.74) is 3.24. The maximum atomic E-state index is 12.5. The molecule has 3 aromatic rings. The lowest BCUT2D eigenvalue weighted by Crippen LogP contribution is -2.32. The molecule has 1 N–H and O–H groups in total. The molecule has 1 saturated heterocycles. The number of benzene rings is 2. The van der Waals surface area contributed by atoms with Crippen molar-refractivity contribution in [3.8, 4) is 17.1 Å². The van der Waals surface area contributed by atoms with Crippen LogP contribution in [0, 0.1) is 5.92 Å². The highest BCUT2D eigenvalue weighted by Gasteiger charge is 2.18. The van der Waals surface area contributed by atoms with E-state index < -0.39 is 5.97 Å². The first kappa shape index (κ1) is 23.7. The van der Waals surface area contributed by atoms with Gasteiger partial charge in [-0.1, -0.05) is 19.1 Å². The lowest BCUT2D eigenvalue weighted by molar-refractivity contribution is 0.0526. The van der Waals surface area contributed by atoms with E-state index in [1.165, 1.54) is 24.6 Å². The standard InChI is InChI=1S/C27H32N4O3/c1-4-34-27(32)24-17-28-25(21-7-11-23(33-3)12-8-21)30-26(24)29-22-9-5-20(6-10-22)18-31-15-13-19(2)14-16-31/h5-12,17,19H,4,13-16,18H2,1-3H3,(H,28,29,30). The number of hydrogen-bond acceptors (Lipinski definition) is 7. The number of carbonyl (C=O) groups excluding carboxylic acids is 1. The Balaban J connectivity index is 1.54. The number of ether oxygens (including phenoxy) is 2. The minimum atomic E-state index is -0.456. The Labute approximate surface area is 201 Å². The van der Waals surface area contributed by atoms with Gasteiger partial charge in [0, 0.05) is 24.0 Å². The van der Waals surface area contributed by atoms with Gasteiger partial charge < -0.3 is 14.8 Å². The molecule has 7 heteroatoms. The van der Waals surface area contributed by atoms with Crippen LogP contribution in [0.25, 0.3) is 11.4 Å². The van der Waals surface area contributed by atoms with Gasteiger partial charge in [0.25, 0.3) is 0 Å². The number of hydrogen-bond donors (Lipinski definition) is 1. The fourth-order valence-electron chi connectivity index (χ4n) is 4.02. The first-order valence-electron chi connectivity index (χ1n) is 11.8. The van der Waals surface area contributed by atoms with E-state index in [4.69, 9.17) is 9.47 Å². The third kappa shape index (κ3) is 5.91. The number of anilines is 2. The number of aromatic nitrogens is 2. The van der Waals surface area contributed by atoms with Gasteiger partial charge in [-0.3, -0.25) is 4.90 Å². The van der Waals surface area contributed by atoms with Gasteiger partial charge in [0.15, 0.2) is 5.82 Å². The summed E-state index contributed by atoms with van der Waals surface area (Å²) in [6.07, 6.45) is 4.04. The minimum absolute atomic E-state index is 0.280. The Morgan fingerprint density at radius 1 is 1.09 bits per heavy atom. The maximum Gasteiger partial charge on any atom is 0.343 e. The van der Waals surface area contributed by atoms with Crippen molar-refractivity contribution < 1.29 is 14.3 Å². The molecule has 0 atom stereocenters. The summed E-state index contributed by atoms with van der Waals surface area (Å²) in [7, 11) is 1.62. The Morgan fingerprint density at radius 2 is 1.79 bits per heavy atom. The van der Waals surface area contributed by atoms with Gasteiger partial charge in [0.1, 0.15) is 17.1 Å². The van der Waals surface area contributed by atoms with Gasteiger partial charge >= 0.3 is 5.97 Å². The maximum absolute atomic E-state index is 12.5. The molecule has 0 amide bonds. The highest BCUT2D eigenvalue weighted by atomic mass is 16.5. The van der Waals surface area contributed by atoms with Crippen molar-refractivity contribution in [2.45, 2.75) is 33.2 Å². The second-order valence-corrected chi connectivity index (χ2v) is 8.69. The van der Waals surface area contributed by atoms with Crippen molar-refractivity contribution in [1.82, 2.24) is 14.9 Å². The number of methoxy groups -OCH3 is 1. The predicted octanol–water partition coefficient (Wildman–Crippen LogP) is 5.30. The summed E-state index contributed by atoms with van der Waals surface area (Å²) in [5, 5.41) is 3.29. The number of carbonyl (C=O) groups is 1. The van der Waals surface area contributed by atoms with Crippen LogP contribution in [0.5, 0.6) is 5.75 Å². The molecule has 2 aromatic carbocycles. The first-order valence-corrected chi connectivity index (χ1v) is 11.8. The summed E-state index contributed by atoms with van der Waals surface area (Å²) >= 11 is 0.